The van der Waals surface area contributed by atoms with E-state index < -0.39 is 18.0 Å². The summed E-state index contributed by atoms with van der Waals surface area (Å²) in [6, 6.07) is 7.61. The van der Waals surface area contributed by atoms with Crippen molar-refractivity contribution in [2.45, 2.75) is 18.9 Å². The number of urea groups is 1. The summed E-state index contributed by atoms with van der Waals surface area (Å²) < 4.78 is 0. The third kappa shape index (κ3) is 6.81. The van der Waals surface area contributed by atoms with Crippen molar-refractivity contribution in [3.8, 4) is 0 Å². The lowest BCUT2D eigenvalue weighted by Crippen LogP contribution is -2.46. The molecule has 3 amide bonds. The minimum absolute atomic E-state index is 0.0135. The van der Waals surface area contributed by atoms with Crippen molar-refractivity contribution < 1.29 is 9.59 Å². The minimum atomic E-state index is -0.775. The van der Waals surface area contributed by atoms with E-state index in [-0.39, 0.29) is 5.96 Å². The third-order valence-corrected chi connectivity index (χ3v) is 2.63. The summed E-state index contributed by atoms with van der Waals surface area (Å²) in [5.41, 5.74) is 16.3. The summed E-state index contributed by atoms with van der Waals surface area (Å²) >= 11 is 0. The van der Waals surface area contributed by atoms with Crippen LogP contribution in [0.5, 0.6) is 0 Å². The van der Waals surface area contributed by atoms with E-state index in [1.807, 2.05) is 6.07 Å². The number of nitrogens with one attached hydrogen (secondary N) is 2. The van der Waals surface area contributed by atoms with E-state index in [2.05, 4.69) is 15.6 Å². The highest BCUT2D eigenvalue weighted by atomic mass is 16.2. The highest BCUT2D eigenvalue weighted by Crippen LogP contribution is 2.05. The number of carbonyl (C=O) groups is 2. The summed E-state index contributed by atoms with van der Waals surface area (Å²) in [5.74, 6) is -0.622. The number of hydrogen-bond acceptors (Lipinski definition) is 3. The predicted octanol–water partition coefficient (Wildman–Crippen LogP) is -0.284. The number of carbonyl (C=O) groups excluding carboxylic acids is 2. The average molecular weight is 292 g/mol. The zero-order valence-corrected chi connectivity index (χ0v) is 11.6. The van der Waals surface area contributed by atoms with Gasteiger partial charge in [0.05, 0.1) is 0 Å². The maximum absolute atomic E-state index is 11.8. The number of anilines is 1. The van der Waals surface area contributed by atoms with Crippen molar-refractivity contribution in [3.05, 3.63) is 30.3 Å². The highest BCUT2D eigenvalue weighted by Gasteiger charge is 2.17. The Balaban J connectivity index is 2.44. The Morgan fingerprint density at radius 2 is 1.81 bits per heavy atom. The monoisotopic (exact) mass is 292 g/mol. The van der Waals surface area contributed by atoms with E-state index in [1.54, 1.807) is 24.3 Å². The first-order chi connectivity index (χ1) is 9.99. The number of benzene rings is 1. The fourth-order valence-corrected chi connectivity index (χ4v) is 1.64. The van der Waals surface area contributed by atoms with Crippen LogP contribution in [0.4, 0.5) is 10.5 Å². The Kier molecular flexibility index (Phi) is 6.52. The van der Waals surface area contributed by atoms with Crippen LogP contribution in [0.25, 0.3) is 0 Å². The van der Waals surface area contributed by atoms with Crippen molar-refractivity contribution in [1.29, 1.82) is 0 Å². The van der Waals surface area contributed by atoms with E-state index in [0.717, 1.165) is 0 Å². The normalized spacial score (nSPS) is 11.2. The Labute approximate surface area is 122 Å². The fourth-order valence-electron chi connectivity index (χ4n) is 1.64. The number of para-hydroxylation sites is 1. The summed E-state index contributed by atoms with van der Waals surface area (Å²) in [6.45, 7) is 0.369. The van der Waals surface area contributed by atoms with Crippen LogP contribution in [-0.4, -0.2) is 30.5 Å². The Bertz CT molecular complexity index is 499. The van der Waals surface area contributed by atoms with E-state index in [4.69, 9.17) is 17.2 Å². The molecule has 1 atom stereocenters. The Morgan fingerprint density at radius 1 is 1.14 bits per heavy atom. The number of nitrogens with two attached hydrogens (primary N) is 3. The number of primary amides is 1. The van der Waals surface area contributed by atoms with Crippen LogP contribution in [-0.2, 0) is 4.79 Å². The van der Waals surface area contributed by atoms with Gasteiger partial charge in [-0.3, -0.25) is 9.79 Å². The molecule has 0 heterocycles. The molecule has 0 aromatic heterocycles. The lowest BCUT2D eigenvalue weighted by molar-refractivity contribution is -0.119. The molecule has 8 heteroatoms. The fraction of sp³-hybridized carbons (Fsp3) is 0.308. The molecule has 1 rings (SSSR count). The van der Waals surface area contributed by atoms with E-state index >= 15 is 0 Å². The van der Waals surface area contributed by atoms with Crippen LogP contribution in [0.15, 0.2) is 35.3 Å². The average Bonchev–Trinajstić information content (AvgIpc) is 2.42. The van der Waals surface area contributed by atoms with Crippen LogP contribution >= 0.6 is 0 Å². The lowest BCUT2D eigenvalue weighted by atomic mass is 10.1. The quantitative estimate of drug-likeness (QED) is 0.267. The molecule has 114 valence electrons. The van der Waals surface area contributed by atoms with Gasteiger partial charge in [-0.2, -0.15) is 0 Å². The first-order valence-corrected chi connectivity index (χ1v) is 6.46. The van der Waals surface area contributed by atoms with Crippen LogP contribution in [0.3, 0.4) is 0 Å². The number of guanidine groups is 1. The SMILES string of the molecule is NC(=O)[C@H](CCCN=C(N)N)NC(=O)Nc1ccccc1. The summed E-state index contributed by atoms with van der Waals surface area (Å²) in [6.07, 6.45) is 0.880. The zero-order valence-electron chi connectivity index (χ0n) is 11.6. The number of rotatable bonds is 7. The van der Waals surface area contributed by atoms with Gasteiger partial charge in [0.1, 0.15) is 6.04 Å². The van der Waals surface area contributed by atoms with Gasteiger partial charge < -0.3 is 27.8 Å². The molecular weight excluding hydrogens is 272 g/mol. The molecule has 1 aromatic rings. The number of nitrogens with zero attached hydrogens (tertiary/aromatic N) is 1. The van der Waals surface area contributed by atoms with Gasteiger partial charge in [-0.15, -0.1) is 0 Å². The van der Waals surface area contributed by atoms with Crippen LogP contribution < -0.4 is 27.8 Å². The van der Waals surface area contributed by atoms with Gasteiger partial charge in [0, 0.05) is 12.2 Å². The largest absolute Gasteiger partial charge is 0.370 e. The molecule has 0 radical (unpaired) electrons. The molecule has 0 aliphatic heterocycles. The van der Waals surface area contributed by atoms with Crippen LogP contribution in [0.2, 0.25) is 0 Å². The van der Waals surface area contributed by atoms with Crippen molar-refractivity contribution in [2.24, 2.45) is 22.2 Å². The molecule has 0 spiro atoms. The molecule has 0 bridgehead atoms. The van der Waals surface area contributed by atoms with Crippen LogP contribution in [0.1, 0.15) is 12.8 Å². The number of aliphatic imine (C=N–C) groups is 1. The molecular formula is C13H20N6O2. The first-order valence-electron chi connectivity index (χ1n) is 6.46. The van der Waals surface area contributed by atoms with E-state index in [1.165, 1.54) is 0 Å². The third-order valence-electron chi connectivity index (χ3n) is 2.63. The van der Waals surface area contributed by atoms with Gasteiger partial charge in [0.15, 0.2) is 5.96 Å². The molecule has 0 aliphatic carbocycles. The molecule has 21 heavy (non-hydrogen) atoms. The number of hydrogen-bond donors (Lipinski definition) is 5. The van der Waals surface area contributed by atoms with E-state index in [9.17, 15) is 9.59 Å². The van der Waals surface area contributed by atoms with Gasteiger partial charge in [0.25, 0.3) is 0 Å². The second-order valence-electron chi connectivity index (χ2n) is 4.37. The maximum atomic E-state index is 11.8. The summed E-state index contributed by atoms with van der Waals surface area (Å²) in [7, 11) is 0. The maximum Gasteiger partial charge on any atom is 0.319 e. The Morgan fingerprint density at radius 3 is 2.38 bits per heavy atom. The summed E-state index contributed by atoms with van der Waals surface area (Å²) in [4.78, 5) is 26.9. The molecule has 0 saturated carbocycles. The molecule has 0 saturated heterocycles. The smallest absolute Gasteiger partial charge is 0.319 e. The van der Waals surface area contributed by atoms with Gasteiger partial charge in [-0.05, 0) is 25.0 Å². The number of amides is 3. The molecule has 0 fully saturated rings. The first kappa shape index (κ1) is 16.3. The molecule has 0 aliphatic rings. The lowest BCUT2D eigenvalue weighted by Gasteiger charge is -2.15. The predicted molar refractivity (Wildman–Crippen MR) is 81.5 cm³/mol. The van der Waals surface area contributed by atoms with E-state index in [0.29, 0.717) is 25.1 Å². The molecule has 0 unspecified atom stereocenters. The molecule has 8 nitrogen and oxygen atoms in total. The van der Waals surface area contributed by atoms with Gasteiger partial charge in [-0.25, -0.2) is 4.79 Å². The summed E-state index contributed by atoms with van der Waals surface area (Å²) in [5, 5.41) is 5.13. The standard InChI is InChI=1S/C13H20N6O2/c14-11(20)10(7-4-8-17-12(15)16)19-13(21)18-9-5-2-1-3-6-9/h1-3,5-6,10H,4,7-8H2,(H2,14,20)(H4,15,16,17)(H2,18,19,21)/t10-/m0/s1. The second kappa shape index (κ2) is 8.41. The van der Waals surface area contributed by atoms with Crippen molar-refractivity contribution >= 4 is 23.6 Å². The topological polar surface area (TPSA) is 149 Å². The van der Waals surface area contributed by atoms with Gasteiger partial charge in [-0.1, -0.05) is 18.2 Å². The second-order valence-corrected chi connectivity index (χ2v) is 4.37. The van der Waals surface area contributed by atoms with Crippen molar-refractivity contribution in [3.63, 3.8) is 0 Å². The zero-order chi connectivity index (χ0) is 15.7. The Hall–Kier alpha value is -2.77. The molecule has 8 N–H and O–H groups in total. The van der Waals surface area contributed by atoms with Crippen molar-refractivity contribution in [1.82, 2.24) is 5.32 Å². The molecule has 1 aromatic carbocycles. The van der Waals surface area contributed by atoms with Crippen molar-refractivity contribution in [2.75, 3.05) is 11.9 Å². The van der Waals surface area contributed by atoms with Gasteiger partial charge >= 0.3 is 6.03 Å². The van der Waals surface area contributed by atoms with Gasteiger partial charge in [0.2, 0.25) is 5.91 Å². The van der Waals surface area contributed by atoms with Crippen LogP contribution in [0, 0.1) is 0 Å². The minimum Gasteiger partial charge on any atom is -0.370 e. The highest BCUT2D eigenvalue weighted by molar-refractivity contribution is 5.93.